The molecule has 0 bridgehead atoms. The average molecular weight is 558 g/mol. The van der Waals surface area contributed by atoms with Crippen molar-refractivity contribution in [2.24, 2.45) is 0 Å². The van der Waals surface area contributed by atoms with Gasteiger partial charge in [-0.3, -0.25) is 0 Å². The maximum Gasteiger partial charge on any atom is 0.261 e. The van der Waals surface area contributed by atoms with E-state index < -0.39 is 0 Å². The van der Waals surface area contributed by atoms with Gasteiger partial charge in [0.2, 0.25) is 0 Å². The second kappa shape index (κ2) is 20.5. The Hall–Kier alpha value is -2.35. The number of aryl methyl sites for hydroxylation is 1. The SMILES string of the molecule is CCCCCCCCCCC[n+]1c(CC(C)c2ccccc2)cn(CCCCCCCCC)c1Cc1ccccc1. The molecule has 1 heterocycles. The number of aromatic nitrogens is 2. The molecule has 0 saturated carbocycles. The predicted molar refractivity (Wildman–Crippen MR) is 178 cm³/mol. The van der Waals surface area contributed by atoms with Crippen molar-refractivity contribution < 1.29 is 4.57 Å². The number of hydrogen-bond donors (Lipinski definition) is 0. The van der Waals surface area contributed by atoms with Gasteiger partial charge in [0.1, 0.15) is 11.9 Å². The summed E-state index contributed by atoms with van der Waals surface area (Å²) in [5.74, 6) is 2.03. The highest BCUT2D eigenvalue weighted by molar-refractivity contribution is 5.21. The molecule has 0 aliphatic heterocycles. The van der Waals surface area contributed by atoms with E-state index in [1.54, 1.807) is 0 Å². The Morgan fingerprint density at radius 1 is 0.610 bits per heavy atom. The standard InChI is InChI=1S/C39H61N2/c1-4-6-8-10-12-13-15-17-25-31-41-38(32-35(3)37-28-22-19-23-29-37)34-40(30-24-16-14-11-9-7-5-2)39(41)33-36-26-20-18-21-27-36/h18-23,26-29,34-35H,4-17,24-25,30-33H2,1-3H3/q+1. The van der Waals surface area contributed by atoms with Gasteiger partial charge in [0.25, 0.3) is 5.82 Å². The lowest BCUT2D eigenvalue weighted by Crippen LogP contribution is -2.41. The number of unbranched alkanes of at least 4 members (excludes halogenated alkanes) is 14. The molecular formula is C39H61N2+. The molecule has 226 valence electrons. The first kappa shape index (κ1) is 33.2. The normalized spacial score (nSPS) is 12.2. The van der Waals surface area contributed by atoms with E-state index in [0.717, 1.165) is 25.9 Å². The number of hydrogen-bond acceptors (Lipinski definition) is 0. The van der Waals surface area contributed by atoms with Crippen LogP contribution in [0, 0.1) is 0 Å². The largest absolute Gasteiger partial charge is 0.261 e. The van der Waals surface area contributed by atoms with Crippen molar-refractivity contribution in [3.8, 4) is 0 Å². The lowest BCUT2D eigenvalue weighted by Gasteiger charge is -2.12. The van der Waals surface area contributed by atoms with Crippen LogP contribution in [0.25, 0.3) is 0 Å². The second-order valence-electron chi connectivity index (χ2n) is 12.5. The summed E-state index contributed by atoms with van der Waals surface area (Å²) >= 11 is 0. The monoisotopic (exact) mass is 557 g/mol. The van der Waals surface area contributed by atoms with Gasteiger partial charge in [-0.15, -0.1) is 0 Å². The molecule has 1 unspecified atom stereocenters. The summed E-state index contributed by atoms with van der Waals surface area (Å²) in [6, 6.07) is 22.3. The highest BCUT2D eigenvalue weighted by atomic mass is 15.2. The Morgan fingerprint density at radius 2 is 1.12 bits per heavy atom. The second-order valence-corrected chi connectivity index (χ2v) is 12.5. The van der Waals surface area contributed by atoms with Crippen LogP contribution in [0.5, 0.6) is 0 Å². The molecule has 0 N–H and O–H groups in total. The third-order valence-electron chi connectivity index (χ3n) is 8.87. The zero-order valence-electron chi connectivity index (χ0n) is 27.0. The summed E-state index contributed by atoms with van der Waals surface area (Å²) in [6.07, 6.45) is 26.6. The number of benzene rings is 2. The number of rotatable bonds is 23. The van der Waals surface area contributed by atoms with Crippen molar-refractivity contribution in [3.63, 3.8) is 0 Å². The predicted octanol–water partition coefficient (Wildman–Crippen LogP) is 11.0. The summed E-state index contributed by atoms with van der Waals surface area (Å²) < 4.78 is 5.37. The Balaban J connectivity index is 1.72. The van der Waals surface area contributed by atoms with Gasteiger partial charge >= 0.3 is 0 Å². The van der Waals surface area contributed by atoms with Gasteiger partial charge in [0.05, 0.1) is 19.5 Å². The third kappa shape index (κ3) is 12.6. The quantitative estimate of drug-likeness (QED) is 0.0810. The van der Waals surface area contributed by atoms with Crippen molar-refractivity contribution in [1.29, 1.82) is 0 Å². The number of imidazole rings is 1. The Bertz CT molecular complexity index is 1040. The molecule has 0 aliphatic rings. The van der Waals surface area contributed by atoms with E-state index in [2.05, 4.69) is 96.8 Å². The molecular weight excluding hydrogens is 496 g/mol. The first-order chi connectivity index (χ1) is 20.2. The topological polar surface area (TPSA) is 8.81 Å². The van der Waals surface area contributed by atoms with Gasteiger partial charge < -0.3 is 0 Å². The van der Waals surface area contributed by atoms with Gasteiger partial charge in [0.15, 0.2) is 0 Å². The van der Waals surface area contributed by atoms with E-state index in [1.807, 2.05) is 0 Å². The Labute approximate surface area is 253 Å². The summed E-state index contributed by atoms with van der Waals surface area (Å²) in [6.45, 7) is 9.32. The van der Waals surface area contributed by atoms with Crippen molar-refractivity contribution >= 4 is 0 Å². The van der Waals surface area contributed by atoms with Gasteiger partial charge in [0, 0.05) is 6.42 Å². The van der Waals surface area contributed by atoms with E-state index in [4.69, 9.17) is 0 Å². The van der Waals surface area contributed by atoms with Crippen LogP contribution in [0.2, 0.25) is 0 Å². The van der Waals surface area contributed by atoms with Gasteiger partial charge in [-0.2, -0.15) is 0 Å². The van der Waals surface area contributed by atoms with Crippen LogP contribution in [0.1, 0.15) is 152 Å². The molecule has 0 saturated heterocycles. The molecule has 0 amide bonds. The van der Waals surface area contributed by atoms with Crippen molar-refractivity contribution in [2.45, 2.75) is 155 Å². The molecule has 0 radical (unpaired) electrons. The molecule has 1 aromatic heterocycles. The van der Waals surface area contributed by atoms with Crippen molar-refractivity contribution in [3.05, 3.63) is 89.5 Å². The van der Waals surface area contributed by atoms with Crippen LogP contribution in [0.4, 0.5) is 0 Å². The molecule has 0 spiro atoms. The van der Waals surface area contributed by atoms with Crippen LogP contribution in [-0.2, 0) is 25.9 Å². The minimum Gasteiger partial charge on any atom is -0.234 e. The smallest absolute Gasteiger partial charge is 0.234 e. The maximum absolute atomic E-state index is 2.73. The zero-order valence-corrected chi connectivity index (χ0v) is 27.0. The van der Waals surface area contributed by atoms with Gasteiger partial charge in [-0.1, -0.05) is 158 Å². The summed E-state index contributed by atoms with van der Waals surface area (Å²) in [5.41, 5.74) is 4.40. The summed E-state index contributed by atoms with van der Waals surface area (Å²) in [4.78, 5) is 0. The first-order valence-corrected chi connectivity index (χ1v) is 17.4. The molecule has 0 aliphatic carbocycles. The van der Waals surface area contributed by atoms with Crippen molar-refractivity contribution in [2.75, 3.05) is 0 Å². The fourth-order valence-corrected chi connectivity index (χ4v) is 6.28. The lowest BCUT2D eigenvalue weighted by atomic mass is 9.96. The molecule has 3 rings (SSSR count). The van der Waals surface area contributed by atoms with Crippen LogP contribution in [0.3, 0.4) is 0 Å². The third-order valence-corrected chi connectivity index (χ3v) is 8.87. The van der Waals surface area contributed by atoms with E-state index in [9.17, 15) is 0 Å². The van der Waals surface area contributed by atoms with Crippen LogP contribution < -0.4 is 4.57 Å². The number of nitrogens with zero attached hydrogens (tertiary/aromatic N) is 2. The van der Waals surface area contributed by atoms with Gasteiger partial charge in [-0.25, -0.2) is 9.13 Å². The first-order valence-electron chi connectivity index (χ1n) is 17.4. The van der Waals surface area contributed by atoms with Crippen LogP contribution >= 0.6 is 0 Å². The highest BCUT2D eigenvalue weighted by Crippen LogP contribution is 2.21. The molecule has 41 heavy (non-hydrogen) atoms. The fourth-order valence-electron chi connectivity index (χ4n) is 6.28. The van der Waals surface area contributed by atoms with E-state index in [0.29, 0.717) is 5.92 Å². The summed E-state index contributed by atoms with van der Waals surface area (Å²) in [5, 5.41) is 0. The van der Waals surface area contributed by atoms with E-state index in [1.165, 1.54) is 125 Å². The minimum absolute atomic E-state index is 0.518. The highest BCUT2D eigenvalue weighted by Gasteiger charge is 2.25. The van der Waals surface area contributed by atoms with Crippen molar-refractivity contribution in [1.82, 2.24) is 4.57 Å². The fraction of sp³-hybridized carbons (Fsp3) is 0.615. The molecule has 1 atom stereocenters. The zero-order chi connectivity index (χ0) is 29.0. The van der Waals surface area contributed by atoms with Gasteiger partial charge in [-0.05, 0) is 42.7 Å². The van der Waals surface area contributed by atoms with Crippen LogP contribution in [0.15, 0.2) is 66.9 Å². The Morgan fingerprint density at radius 3 is 1.71 bits per heavy atom. The summed E-state index contributed by atoms with van der Waals surface area (Å²) in [7, 11) is 0. The average Bonchev–Trinajstić information content (AvgIpc) is 3.31. The lowest BCUT2D eigenvalue weighted by molar-refractivity contribution is -0.710. The van der Waals surface area contributed by atoms with Crippen LogP contribution in [-0.4, -0.2) is 4.57 Å². The molecule has 0 fully saturated rings. The molecule has 2 heteroatoms. The minimum atomic E-state index is 0.518. The maximum atomic E-state index is 2.73. The molecule has 2 nitrogen and oxygen atoms in total. The van der Waals surface area contributed by atoms with E-state index >= 15 is 0 Å². The molecule has 3 aromatic rings. The Kier molecular flexibility index (Phi) is 16.6. The van der Waals surface area contributed by atoms with E-state index in [-0.39, 0.29) is 0 Å². The molecule has 2 aromatic carbocycles.